The van der Waals surface area contributed by atoms with Gasteiger partial charge in [-0.25, -0.2) is 10.8 Å². The van der Waals surface area contributed by atoms with Gasteiger partial charge >= 0.3 is 0 Å². The van der Waals surface area contributed by atoms with Crippen LogP contribution in [0.5, 0.6) is 5.75 Å². The Labute approximate surface area is 114 Å². The molecular weight excluding hydrogens is 240 g/mol. The van der Waals surface area contributed by atoms with Gasteiger partial charge in [0.05, 0.1) is 13.2 Å². The summed E-state index contributed by atoms with van der Waals surface area (Å²) in [5, 5.41) is 3.18. The highest BCUT2D eigenvalue weighted by atomic mass is 16.5. The zero-order valence-corrected chi connectivity index (χ0v) is 11.4. The number of hydrazine groups is 1. The molecule has 0 bridgehead atoms. The number of anilines is 1. The van der Waals surface area contributed by atoms with Crippen LogP contribution in [0.4, 0.5) is 5.69 Å². The first kappa shape index (κ1) is 13.7. The zero-order valence-electron chi connectivity index (χ0n) is 11.4. The summed E-state index contributed by atoms with van der Waals surface area (Å²) < 4.78 is 5.19. The summed E-state index contributed by atoms with van der Waals surface area (Å²) in [6, 6.07) is 8.07. The molecule has 1 aromatic carbocycles. The van der Waals surface area contributed by atoms with Crippen molar-refractivity contribution in [2.45, 2.75) is 38.1 Å². The number of hydrogen-bond acceptors (Lipinski definition) is 3. The fourth-order valence-electron chi connectivity index (χ4n) is 2.34. The maximum absolute atomic E-state index is 5.53. The molecule has 1 aliphatic rings. The van der Waals surface area contributed by atoms with Crippen LogP contribution < -0.4 is 21.3 Å². The molecule has 0 aromatic heterocycles. The topological polar surface area (TPSA) is 71.7 Å². The van der Waals surface area contributed by atoms with E-state index in [2.05, 4.69) is 15.7 Å². The number of benzene rings is 1. The molecule has 0 saturated heterocycles. The van der Waals surface area contributed by atoms with Crippen molar-refractivity contribution in [2.24, 2.45) is 10.8 Å². The Kier molecular flexibility index (Phi) is 5.03. The van der Waals surface area contributed by atoms with E-state index in [1.165, 1.54) is 19.3 Å². The first-order valence-electron chi connectivity index (χ1n) is 6.77. The van der Waals surface area contributed by atoms with Gasteiger partial charge in [0.2, 0.25) is 5.96 Å². The lowest BCUT2D eigenvalue weighted by Gasteiger charge is -2.19. The number of methoxy groups -OCH3 is 1. The van der Waals surface area contributed by atoms with Crippen LogP contribution in [0.1, 0.15) is 32.1 Å². The summed E-state index contributed by atoms with van der Waals surface area (Å²) >= 11 is 0. The lowest BCUT2D eigenvalue weighted by Crippen LogP contribution is -2.37. The van der Waals surface area contributed by atoms with Gasteiger partial charge in [0.1, 0.15) is 5.75 Å². The number of rotatable bonds is 3. The number of ether oxygens (including phenoxy) is 1. The van der Waals surface area contributed by atoms with Crippen molar-refractivity contribution in [3.05, 3.63) is 24.3 Å². The number of nitrogens with one attached hydrogen (secondary N) is 2. The van der Waals surface area contributed by atoms with E-state index < -0.39 is 0 Å². The molecule has 5 nitrogen and oxygen atoms in total. The second-order valence-corrected chi connectivity index (χ2v) is 4.77. The van der Waals surface area contributed by atoms with Gasteiger partial charge in [0, 0.05) is 11.8 Å². The molecule has 0 aliphatic heterocycles. The number of nitrogens with two attached hydrogens (primary N) is 1. The lowest BCUT2D eigenvalue weighted by atomic mass is 9.96. The molecule has 0 spiro atoms. The summed E-state index contributed by atoms with van der Waals surface area (Å²) in [6.45, 7) is 0. The van der Waals surface area contributed by atoms with Crippen molar-refractivity contribution < 1.29 is 4.74 Å². The predicted octanol–water partition coefficient (Wildman–Crippen LogP) is 2.26. The second kappa shape index (κ2) is 6.99. The Morgan fingerprint density at radius 3 is 2.79 bits per heavy atom. The molecule has 1 fully saturated rings. The highest BCUT2D eigenvalue weighted by Crippen LogP contribution is 2.21. The fraction of sp³-hybridized carbons (Fsp3) is 0.500. The lowest BCUT2D eigenvalue weighted by molar-refractivity contribution is 0.415. The van der Waals surface area contributed by atoms with Gasteiger partial charge in [-0.15, -0.1) is 0 Å². The molecule has 0 heterocycles. The molecule has 0 atom stereocenters. The largest absolute Gasteiger partial charge is 0.497 e. The third kappa shape index (κ3) is 4.13. The molecule has 0 amide bonds. The highest BCUT2D eigenvalue weighted by molar-refractivity contribution is 5.93. The number of nitrogens with zero attached hydrogens (tertiary/aromatic N) is 1. The molecule has 2 rings (SSSR count). The van der Waals surface area contributed by atoms with Crippen LogP contribution in [0.25, 0.3) is 0 Å². The predicted molar refractivity (Wildman–Crippen MR) is 78.2 cm³/mol. The molecule has 0 radical (unpaired) electrons. The molecular formula is C14H22N4O. The van der Waals surface area contributed by atoms with Crippen LogP contribution in [0, 0.1) is 0 Å². The normalized spacial score (nSPS) is 17.1. The van der Waals surface area contributed by atoms with E-state index in [-0.39, 0.29) is 0 Å². The molecule has 4 N–H and O–H groups in total. The van der Waals surface area contributed by atoms with Crippen molar-refractivity contribution in [1.82, 2.24) is 5.43 Å². The zero-order chi connectivity index (χ0) is 13.5. The second-order valence-electron chi connectivity index (χ2n) is 4.77. The SMILES string of the molecule is COc1cccc(NC(=NC2CCCCC2)NN)c1. The standard InChI is InChI=1S/C14H22N4O/c1-19-13-9-5-8-12(10-13)17-14(18-15)16-11-6-3-2-4-7-11/h5,8-11H,2-4,6-7,15H2,1H3,(H2,16,17,18). The molecule has 1 aromatic rings. The molecule has 5 heteroatoms. The van der Waals surface area contributed by atoms with Gasteiger partial charge in [-0.1, -0.05) is 25.3 Å². The van der Waals surface area contributed by atoms with Gasteiger partial charge in [-0.2, -0.15) is 0 Å². The van der Waals surface area contributed by atoms with E-state index in [0.29, 0.717) is 12.0 Å². The Morgan fingerprint density at radius 2 is 2.11 bits per heavy atom. The van der Waals surface area contributed by atoms with Crippen LogP contribution in [-0.2, 0) is 0 Å². The van der Waals surface area contributed by atoms with Crippen molar-refractivity contribution in [1.29, 1.82) is 0 Å². The Bertz CT molecular complexity index is 427. The first-order chi connectivity index (χ1) is 9.31. The summed E-state index contributed by atoms with van der Waals surface area (Å²) in [5.74, 6) is 6.95. The van der Waals surface area contributed by atoms with E-state index in [9.17, 15) is 0 Å². The van der Waals surface area contributed by atoms with Crippen LogP contribution in [0.3, 0.4) is 0 Å². The Morgan fingerprint density at radius 1 is 1.32 bits per heavy atom. The van der Waals surface area contributed by atoms with Gasteiger partial charge < -0.3 is 10.1 Å². The summed E-state index contributed by atoms with van der Waals surface area (Å²) in [7, 11) is 1.65. The van der Waals surface area contributed by atoms with Crippen molar-refractivity contribution in [3.8, 4) is 5.75 Å². The van der Waals surface area contributed by atoms with Crippen LogP contribution in [-0.4, -0.2) is 19.1 Å². The number of aliphatic imine (C=N–C) groups is 1. The molecule has 0 unspecified atom stereocenters. The Balaban J connectivity index is 2.02. The van der Waals surface area contributed by atoms with Gasteiger partial charge in [0.25, 0.3) is 0 Å². The minimum atomic E-state index is 0.373. The van der Waals surface area contributed by atoms with Gasteiger partial charge in [-0.05, 0) is 25.0 Å². The summed E-state index contributed by atoms with van der Waals surface area (Å²) in [4.78, 5) is 4.63. The smallest absolute Gasteiger partial charge is 0.210 e. The summed E-state index contributed by atoms with van der Waals surface area (Å²) in [6.07, 6.45) is 6.12. The van der Waals surface area contributed by atoms with Crippen molar-refractivity contribution in [2.75, 3.05) is 12.4 Å². The van der Waals surface area contributed by atoms with E-state index in [1.807, 2.05) is 24.3 Å². The van der Waals surface area contributed by atoms with Crippen LogP contribution in [0.15, 0.2) is 29.3 Å². The quantitative estimate of drug-likeness (QED) is 0.338. The number of hydrogen-bond donors (Lipinski definition) is 3. The minimum absolute atomic E-state index is 0.373. The van der Waals surface area contributed by atoms with Crippen molar-refractivity contribution >= 4 is 11.6 Å². The average Bonchev–Trinajstić information content (AvgIpc) is 2.48. The number of guanidine groups is 1. The Hall–Kier alpha value is -1.75. The molecule has 19 heavy (non-hydrogen) atoms. The monoisotopic (exact) mass is 262 g/mol. The molecule has 1 saturated carbocycles. The first-order valence-corrected chi connectivity index (χ1v) is 6.77. The molecule has 104 valence electrons. The maximum atomic E-state index is 5.53. The van der Waals surface area contributed by atoms with E-state index >= 15 is 0 Å². The van der Waals surface area contributed by atoms with E-state index in [4.69, 9.17) is 10.6 Å². The van der Waals surface area contributed by atoms with Crippen LogP contribution >= 0.6 is 0 Å². The van der Waals surface area contributed by atoms with Crippen LogP contribution in [0.2, 0.25) is 0 Å². The molecule has 1 aliphatic carbocycles. The fourth-order valence-corrected chi connectivity index (χ4v) is 2.34. The van der Waals surface area contributed by atoms with E-state index in [1.54, 1.807) is 7.11 Å². The third-order valence-corrected chi connectivity index (χ3v) is 3.36. The van der Waals surface area contributed by atoms with Crippen molar-refractivity contribution in [3.63, 3.8) is 0 Å². The van der Waals surface area contributed by atoms with Gasteiger partial charge in [0.15, 0.2) is 0 Å². The third-order valence-electron chi connectivity index (χ3n) is 3.36. The van der Waals surface area contributed by atoms with E-state index in [0.717, 1.165) is 24.3 Å². The van der Waals surface area contributed by atoms with Gasteiger partial charge in [-0.3, -0.25) is 5.43 Å². The highest BCUT2D eigenvalue weighted by Gasteiger charge is 2.13. The minimum Gasteiger partial charge on any atom is -0.497 e. The average molecular weight is 262 g/mol. The maximum Gasteiger partial charge on any atom is 0.210 e. The summed E-state index contributed by atoms with van der Waals surface area (Å²) in [5.41, 5.74) is 3.54.